The lowest BCUT2D eigenvalue weighted by Crippen LogP contribution is -2.31. The summed E-state index contributed by atoms with van der Waals surface area (Å²) in [7, 11) is 1.61. The molecule has 8 nitrogen and oxygen atoms in total. The lowest BCUT2D eigenvalue weighted by atomic mass is 9.94. The number of nitrogens with zero attached hydrogens (tertiary/aromatic N) is 3. The van der Waals surface area contributed by atoms with Gasteiger partial charge in [0.2, 0.25) is 5.95 Å². The molecule has 0 unspecified atom stereocenters. The highest BCUT2D eigenvalue weighted by Gasteiger charge is 2.34. The molecule has 8 heteroatoms. The molecule has 1 amide bonds. The number of amides is 1. The number of rotatable bonds is 7. The zero-order chi connectivity index (χ0) is 26.8. The molecule has 0 saturated carbocycles. The van der Waals surface area contributed by atoms with Crippen LogP contribution in [0.2, 0.25) is 0 Å². The molecule has 0 radical (unpaired) electrons. The van der Waals surface area contributed by atoms with Gasteiger partial charge in [-0.05, 0) is 62.6 Å². The third kappa shape index (κ3) is 4.98. The Morgan fingerprint density at radius 2 is 1.82 bits per heavy atom. The second-order valence-electron chi connectivity index (χ2n) is 9.55. The minimum Gasteiger partial charge on any atom is -0.493 e. The van der Waals surface area contributed by atoms with Crippen LogP contribution in [0.1, 0.15) is 40.8 Å². The molecule has 4 aromatic rings. The molecule has 2 heterocycles. The Labute approximate surface area is 222 Å². The predicted molar refractivity (Wildman–Crippen MR) is 148 cm³/mol. The van der Waals surface area contributed by atoms with E-state index in [0.717, 1.165) is 27.9 Å². The highest BCUT2D eigenvalue weighted by molar-refractivity contribution is 6.06. The van der Waals surface area contributed by atoms with Crippen LogP contribution < -0.4 is 20.1 Å². The SMILES string of the molecule is COc1cc([C@H]2C(C(=O)Nc3ccc(C)cc3C)=C(C)Nc3ncnn32)ccc1OCc1cccc(C)c1. The van der Waals surface area contributed by atoms with Crippen LogP contribution in [0.15, 0.2) is 78.3 Å². The number of methoxy groups -OCH3 is 1. The number of allylic oxidation sites excluding steroid dienone is 1. The monoisotopic (exact) mass is 509 g/mol. The highest BCUT2D eigenvalue weighted by Crippen LogP contribution is 2.39. The Hall–Kier alpha value is -4.59. The summed E-state index contributed by atoms with van der Waals surface area (Å²) in [5.74, 6) is 1.54. The lowest BCUT2D eigenvalue weighted by molar-refractivity contribution is -0.113. The number of carbonyl (C=O) groups is 1. The summed E-state index contributed by atoms with van der Waals surface area (Å²) in [6.07, 6.45) is 1.48. The van der Waals surface area contributed by atoms with Crippen LogP contribution in [-0.4, -0.2) is 27.8 Å². The third-order valence-electron chi connectivity index (χ3n) is 6.65. The van der Waals surface area contributed by atoms with Crippen LogP contribution in [0.5, 0.6) is 11.5 Å². The molecule has 1 atom stereocenters. The minimum atomic E-state index is -0.515. The molecule has 194 valence electrons. The van der Waals surface area contributed by atoms with Crippen molar-refractivity contribution in [2.24, 2.45) is 0 Å². The van der Waals surface area contributed by atoms with Gasteiger partial charge in [-0.1, -0.05) is 53.6 Å². The molecule has 0 fully saturated rings. The molecule has 0 spiro atoms. The Morgan fingerprint density at radius 1 is 1.00 bits per heavy atom. The van der Waals surface area contributed by atoms with E-state index in [4.69, 9.17) is 9.47 Å². The molecule has 2 N–H and O–H groups in total. The van der Waals surface area contributed by atoms with E-state index in [1.165, 1.54) is 11.9 Å². The fourth-order valence-electron chi connectivity index (χ4n) is 4.77. The smallest absolute Gasteiger partial charge is 0.255 e. The third-order valence-corrected chi connectivity index (χ3v) is 6.65. The summed E-state index contributed by atoms with van der Waals surface area (Å²) in [6.45, 7) is 8.36. The van der Waals surface area contributed by atoms with E-state index in [0.29, 0.717) is 35.3 Å². The van der Waals surface area contributed by atoms with E-state index in [-0.39, 0.29) is 5.91 Å². The maximum Gasteiger partial charge on any atom is 0.255 e. The summed E-state index contributed by atoms with van der Waals surface area (Å²) in [6, 6.07) is 19.3. The number of nitrogens with one attached hydrogen (secondary N) is 2. The summed E-state index contributed by atoms with van der Waals surface area (Å²) in [5.41, 5.74) is 7.22. The molecule has 3 aromatic carbocycles. The first-order valence-corrected chi connectivity index (χ1v) is 12.5. The summed E-state index contributed by atoms with van der Waals surface area (Å²) in [4.78, 5) is 18.0. The number of aromatic nitrogens is 3. The average molecular weight is 510 g/mol. The van der Waals surface area contributed by atoms with Crippen molar-refractivity contribution >= 4 is 17.5 Å². The number of aryl methyl sites for hydroxylation is 3. The van der Waals surface area contributed by atoms with E-state index >= 15 is 0 Å². The quantitative estimate of drug-likeness (QED) is 0.331. The molecular weight excluding hydrogens is 478 g/mol. The Kier molecular flexibility index (Phi) is 6.87. The zero-order valence-corrected chi connectivity index (χ0v) is 22.2. The normalized spacial score (nSPS) is 14.5. The van der Waals surface area contributed by atoms with Gasteiger partial charge in [-0.3, -0.25) is 4.79 Å². The molecule has 0 saturated heterocycles. The zero-order valence-electron chi connectivity index (χ0n) is 22.2. The molecule has 0 bridgehead atoms. The number of hydrogen-bond acceptors (Lipinski definition) is 6. The number of carbonyl (C=O) groups excluding carboxylic acids is 1. The summed E-state index contributed by atoms with van der Waals surface area (Å²) < 4.78 is 13.5. The van der Waals surface area contributed by atoms with Gasteiger partial charge in [0.25, 0.3) is 5.91 Å². The van der Waals surface area contributed by atoms with Crippen molar-refractivity contribution < 1.29 is 14.3 Å². The van der Waals surface area contributed by atoms with Crippen LogP contribution in [0.25, 0.3) is 0 Å². The van der Waals surface area contributed by atoms with Crippen molar-refractivity contribution in [1.29, 1.82) is 0 Å². The van der Waals surface area contributed by atoms with Crippen LogP contribution in [0.3, 0.4) is 0 Å². The Balaban J connectivity index is 1.48. The van der Waals surface area contributed by atoms with Crippen molar-refractivity contribution in [3.63, 3.8) is 0 Å². The maximum atomic E-state index is 13.7. The Morgan fingerprint density at radius 3 is 2.58 bits per heavy atom. The maximum absolute atomic E-state index is 13.7. The molecule has 1 aliphatic heterocycles. The average Bonchev–Trinajstić information content (AvgIpc) is 3.36. The van der Waals surface area contributed by atoms with E-state index in [9.17, 15) is 4.79 Å². The second-order valence-corrected chi connectivity index (χ2v) is 9.55. The largest absolute Gasteiger partial charge is 0.493 e. The number of hydrogen-bond donors (Lipinski definition) is 2. The second kappa shape index (κ2) is 10.4. The first kappa shape index (κ1) is 25.1. The van der Waals surface area contributed by atoms with Crippen molar-refractivity contribution in [1.82, 2.24) is 14.8 Å². The molecule has 5 rings (SSSR count). The summed E-state index contributed by atoms with van der Waals surface area (Å²) in [5, 5.41) is 10.7. The van der Waals surface area contributed by atoms with Gasteiger partial charge in [0.05, 0.1) is 12.7 Å². The number of fused-ring (bicyclic) bond motifs is 1. The van der Waals surface area contributed by atoms with Gasteiger partial charge in [0, 0.05) is 11.4 Å². The molecule has 1 aliphatic rings. The molecule has 1 aromatic heterocycles. The molecular formula is C30H31N5O3. The first-order chi connectivity index (χ1) is 18.3. The summed E-state index contributed by atoms with van der Waals surface area (Å²) >= 11 is 0. The molecule has 0 aliphatic carbocycles. The van der Waals surface area contributed by atoms with E-state index in [1.54, 1.807) is 11.8 Å². The van der Waals surface area contributed by atoms with Gasteiger partial charge in [-0.25, -0.2) is 4.68 Å². The van der Waals surface area contributed by atoms with Gasteiger partial charge >= 0.3 is 0 Å². The van der Waals surface area contributed by atoms with Crippen molar-refractivity contribution in [2.45, 2.75) is 40.3 Å². The molecule has 38 heavy (non-hydrogen) atoms. The van der Waals surface area contributed by atoms with Crippen LogP contribution in [0, 0.1) is 20.8 Å². The topological polar surface area (TPSA) is 90.3 Å². The first-order valence-electron chi connectivity index (χ1n) is 12.5. The van der Waals surface area contributed by atoms with Crippen LogP contribution >= 0.6 is 0 Å². The van der Waals surface area contributed by atoms with Gasteiger partial charge in [0.15, 0.2) is 11.5 Å². The van der Waals surface area contributed by atoms with Crippen molar-refractivity contribution in [2.75, 3.05) is 17.7 Å². The standard InChI is InChI=1S/C30H31N5O3/c1-18-7-6-8-22(14-18)16-38-25-12-10-23(15-26(25)37-5)28-27(21(4)33-30-31-17-32-35(28)30)29(36)34-24-11-9-19(2)13-20(24)3/h6-15,17,28H,16H2,1-5H3,(H,34,36)(H,31,32,33)/t28-/m0/s1. The van der Waals surface area contributed by atoms with Gasteiger partial charge in [-0.2, -0.15) is 10.1 Å². The van der Waals surface area contributed by atoms with Gasteiger partial charge in [0.1, 0.15) is 19.0 Å². The van der Waals surface area contributed by atoms with Crippen LogP contribution in [0.4, 0.5) is 11.6 Å². The van der Waals surface area contributed by atoms with E-state index < -0.39 is 6.04 Å². The van der Waals surface area contributed by atoms with Crippen molar-refractivity contribution in [3.8, 4) is 11.5 Å². The Bertz CT molecular complexity index is 1540. The minimum absolute atomic E-state index is 0.216. The highest BCUT2D eigenvalue weighted by atomic mass is 16.5. The number of ether oxygens (including phenoxy) is 2. The number of benzene rings is 3. The van der Waals surface area contributed by atoms with Crippen molar-refractivity contribution in [3.05, 3.63) is 106 Å². The van der Waals surface area contributed by atoms with Gasteiger partial charge in [-0.15, -0.1) is 0 Å². The van der Waals surface area contributed by atoms with Crippen LogP contribution in [-0.2, 0) is 11.4 Å². The van der Waals surface area contributed by atoms with E-state index in [2.05, 4.69) is 39.8 Å². The van der Waals surface area contributed by atoms with Gasteiger partial charge < -0.3 is 20.1 Å². The number of anilines is 2. The van der Waals surface area contributed by atoms with E-state index in [1.807, 2.05) is 69.3 Å². The fraction of sp³-hybridized carbons (Fsp3) is 0.233. The lowest BCUT2D eigenvalue weighted by Gasteiger charge is -2.29. The fourth-order valence-corrected chi connectivity index (χ4v) is 4.77. The predicted octanol–water partition coefficient (Wildman–Crippen LogP) is 5.72.